The van der Waals surface area contributed by atoms with Crippen molar-refractivity contribution in [1.29, 1.82) is 0 Å². The van der Waals surface area contributed by atoms with Gasteiger partial charge in [0, 0.05) is 26.2 Å². The van der Waals surface area contributed by atoms with Gasteiger partial charge in [-0.3, -0.25) is 0 Å². The summed E-state index contributed by atoms with van der Waals surface area (Å²) < 4.78 is 81.3. The first-order valence-electron chi connectivity index (χ1n) is 12.5. The molecule has 0 aromatic heterocycles. The first-order chi connectivity index (χ1) is 18.2. The standard InChI is InChI=1S/C27H29FN2O6S2/c28-25-7-3-2-6-22(25)14-17-30(19-21-8-13-26-27(18-21)36-20-35-26)38(33,34)24-11-9-23(10-12-24)37(31,32)29-15-4-1-5-16-29/h2-3,6-13,18H,1,4-5,14-17,19-20H2. The summed E-state index contributed by atoms with van der Waals surface area (Å²) in [5.41, 5.74) is 1.08. The van der Waals surface area contributed by atoms with E-state index in [-0.39, 0.29) is 36.1 Å². The van der Waals surface area contributed by atoms with E-state index in [9.17, 15) is 21.2 Å². The zero-order valence-electron chi connectivity index (χ0n) is 20.8. The molecule has 11 heteroatoms. The Bertz CT molecular complexity index is 1500. The molecule has 0 N–H and O–H groups in total. The van der Waals surface area contributed by atoms with Crippen LogP contribution in [0.2, 0.25) is 0 Å². The van der Waals surface area contributed by atoms with Crippen molar-refractivity contribution in [2.24, 2.45) is 0 Å². The topological polar surface area (TPSA) is 93.2 Å². The minimum atomic E-state index is -4.05. The van der Waals surface area contributed by atoms with Crippen molar-refractivity contribution in [3.63, 3.8) is 0 Å². The Morgan fingerprint density at radius 1 is 0.816 bits per heavy atom. The molecule has 0 bridgehead atoms. The third-order valence-corrected chi connectivity index (χ3v) is 10.6. The summed E-state index contributed by atoms with van der Waals surface area (Å²) >= 11 is 0. The highest BCUT2D eigenvalue weighted by Gasteiger charge is 2.29. The number of hydrogen-bond acceptors (Lipinski definition) is 6. The van der Waals surface area contributed by atoms with Gasteiger partial charge in [0.2, 0.25) is 26.8 Å². The van der Waals surface area contributed by atoms with E-state index in [0.717, 1.165) is 19.3 Å². The van der Waals surface area contributed by atoms with Crippen molar-refractivity contribution < 1.29 is 30.7 Å². The summed E-state index contributed by atoms with van der Waals surface area (Å²) in [5.74, 6) is 0.710. The molecule has 0 unspecified atom stereocenters. The normalized spacial score (nSPS) is 16.2. The Morgan fingerprint density at radius 2 is 1.50 bits per heavy atom. The molecule has 3 aromatic carbocycles. The first kappa shape index (κ1) is 26.6. The summed E-state index contributed by atoms with van der Waals surface area (Å²) in [6.07, 6.45) is 2.78. The van der Waals surface area contributed by atoms with Gasteiger partial charge in [0.05, 0.1) is 9.79 Å². The monoisotopic (exact) mass is 560 g/mol. The van der Waals surface area contributed by atoms with Gasteiger partial charge in [-0.2, -0.15) is 8.61 Å². The van der Waals surface area contributed by atoms with E-state index < -0.39 is 25.9 Å². The molecule has 1 fully saturated rings. The van der Waals surface area contributed by atoms with E-state index in [2.05, 4.69) is 0 Å². The third-order valence-electron chi connectivity index (χ3n) is 6.80. The Labute approximate surface area is 222 Å². The van der Waals surface area contributed by atoms with E-state index in [1.54, 1.807) is 36.4 Å². The molecule has 0 aliphatic carbocycles. The largest absolute Gasteiger partial charge is 0.454 e. The Kier molecular flexibility index (Phi) is 7.71. The van der Waals surface area contributed by atoms with E-state index in [0.29, 0.717) is 35.7 Å². The Hall–Kier alpha value is -2.99. The quantitative estimate of drug-likeness (QED) is 0.390. The molecule has 3 aromatic rings. The number of rotatable bonds is 9. The molecule has 2 heterocycles. The van der Waals surface area contributed by atoms with Gasteiger partial charge in [0.25, 0.3) is 0 Å². The average Bonchev–Trinajstić information content (AvgIpc) is 3.40. The minimum absolute atomic E-state index is 0.0151. The zero-order valence-corrected chi connectivity index (χ0v) is 22.4. The third kappa shape index (κ3) is 5.56. The van der Waals surface area contributed by atoms with Crippen molar-refractivity contribution in [1.82, 2.24) is 8.61 Å². The first-order valence-corrected chi connectivity index (χ1v) is 15.4. The van der Waals surface area contributed by atoms with Gasteiger partial charge in [-0.15, -0.1) is 0 Å². The van der Waals surface area contributed by atoms with Crippen LogP contribution in [0.5, 0.6) is 11.5 Å². The van der Waals surface area contributed by atoms with Crippen molar-refractivity contribution in [3.8, 4) is 11.5 Å². The highest BCUT2D eigenvalue weighted by atomic mass is 32.2. The van der Waals surface area contributed by atoms with Gasteiger partial charge in [-0.25, -0.2) is 21.2 Å². The molecule has 2 aliphatic rings. The lowest BCUT2D eigenvalue weighted by Crippen LogP contribution is -2.35. The minimum Gasteiger partial charge on any atom is -0.454 e. The van der Waals surface area contributed by atoms with Crippen LogP contribution in [0.3, 0.4) is 0 Å². The maximum absolute atomic E-state index is 14.3. The molecule has 2 aliphatic heterocycles. The number of benzene rings is 3. The fourth-order valence-electron chi connectivity index (χ4n) is 4.66. The second-order valence-electron chi connectivity index (χ2n) is 9.30. The van der Waals surface area contributed by atoms with Gasteiger partial charge in [0.1, 0.15) is 5.82 Å². The lowest BCUT2D eigenvalue weighted by molar-refractivity contribution is 0.174. The second-order valence-corrected chi connectivity index (χ2v) is 13.2. The molecule has 0 atom stereocenters. The van der Waals surface area contributed by atoms with Gasteiger partial charge < -0.3 is 9.47 Å². The van der Waals surface area contributed by atoms with Crippen molar-refractivity contribution >= 4 is 20.0 Å². The molecule has 202 valence electrons. The number of piperidine rings is 1. The molecule has 0 saturated carbocycles. The van der Waals surface area contributed by atoms with Crippen molar-refractivity contribution in [3.05, 3.63) is 83.7 Å². The average molecular weight is 561 g/mol. The van der Waals surface area contributed by atoms with Gasteiger partial charge >= 0.3 is 0 Å². The zero-order chi connectivity index (χ0) is 26.8. The smallest absolute Gasteiger partial charge is 0.243 e. The van der Waals surface area contributed by atoms with E-state index in [4.69, 9.17) is 9.47 Å². The molecule has 0 amide bonds. The van der Waals surface area contributed by atoms with Crippen molar-refractivity contribution in [2.75, 3.05) is 26.4 Å². The lowest BCUT2D eigenvalue weighted by Gasteiger charge is -2.26. The van der Waals surface area contributed by atoms with E-state index >= 15 is 0 Å². The van der Waals surface area contributed by atoms with Crippen LogP contribution >= 0.6 is 0 Å². The van der Waals surface area contributed by atoms with Gasteiger partial charge in [-0.05, 0) is 72.9 Å². The maximum atomic E-state index is 14.3. The lowest BCUT2D eigenvalue weighted by atomic mass is 10.1. The van der Waals surface area contributed by atoms with Crippen LogP contribution in [0.1, 0.15) is 30.4 Å². The van der Waals surface area contributed by atoms with Gasteiger partial charge in [0.15, 0.2) is 11.5 Å². The molecule has 1 saturated heterocycles. The highest BCUT2D eigenvalue weighted by Crippen LogP contribution is 2.33. The second kappa shape index (κ2) is 11.0. The number of sulfonamides is 2. The van der Waals surface area contributed by atoms with E-state index in [1.807, 2.05) is 0 Å². The Balaban J connectivity index is 1.42. The molecule has 38 heavy (non-hydrogen) atoms. The number of nitrogens with zero attached hydrogens (tertiary/aromatic N) is 2. The maximum Gasteiger partial charge on any atom is 0.243 e. The fraction of sp³-hybridized carbons (Fsp3) is 0.333. The molecular weight excluding hydrogens is 531 g/mol. The van der Waals surface area contributed by atoms with Crippen LogP contribution in [-0.2, 0) is 33.0 Å². The summed E-state index contributed by atoms with van der Waals surface area (Å²) in [6.45, 7) is 1.05. The molecule has 5 rings (SSSR count). The number of fused-ring (bicyclic) bond motifs is 1. The summed E-state index contributed by atoms with van der Waals surface area (Å²) in [6, 6.07) is 16.8. The van der Waals surface area contributed by atoms with Crippen LogP contribution in [-0.4, -0.2) is 51.9 Å². The SMILES string of the molecule is O=S(=O)(c1ccc(S(=O)(=O)N(CCc2ccccc2F)Cc2ccc3c(c2)OCO3)cc1)N1CCCCC1. The fourth-order valence-corrected chi connectivity index (χ4v) is 7.61. The van der Waals surface area contributed by atoms with Crippen LogP contribution in [0.25, 0.3) is 0 Å². The van der Waals surface area contributed by atoms with Crippen LogP contribution in [0.4, 0.5) is 4.39 Å². The number of hydrogen-bond donors (Lipinski definition) is 0. The van der Waals surface area contributed by atoms with Gasteiger partial charge in [-0.1, -0.05) is 30.7 Å². The molecule has 8 nitrogen and oxygen atoms in total. The summed E-state index contributed by atoms with van der Waals surface area (Å²) in [5, 5.41) is 0. The molecular formula is C27H29FN2O6S2. The predicted octanol–water partition coefficient (Wildman–Crippen LogP) is 4.16. The molecule has 0 radical (unpaired) electrons. The highest BCUT2D eigenvalue weighted by molar-refractivity contribution is 7.89. The predicted molar refractivity (Wildman–Crippen MR) is 139 cm³/mol. The number of halogens is 1. The Morgan fingerprint density at radius 3 is 2.24 bits per heavy atom. The van der Waals surface area contributed by atoms with Crippen LogP contribution < -0.4 is 9.47 Å². The van der Waals surface area contributed by atoms with Crippen molar-refractivity contribution in [2.45, 2.75) is 42.0 Å². The van der Waals surface area contributed by atoms with Crippen LogP contribution in [0, 0.1) is 5.82 Å². The summed E-state index contributed by atoms with van der Waals surface area (Å²) in [4.78, 5) is 0.0244. The molecule has 0 spiro atoms. The number of ether oxygens (including phenoxy) is 2. The van der Waals surface area contributed by atoms with Crippen LogP contribution in [0.15, 0.2) is 76.5 Å². The summed E-state index contributed by atoms with van der Waals surface area (Å²) in [7, 11) is -7.75. The van der Waals surface area contributed by atoms with E-state index in [1.165, 1.54) is 38.9 Å².